The Bertz CT molecular complexity index is 627. The molecule has 0 radical (unpaired) electrons. The smallest absolute Gasteiger partial charge is 0.118 e. The Kier molecular flexibility index (Phi) is 3.72. The second kappa shape index (κ2) is 5.45. The van der Waals surface area contributed by atoms with Crippen LogP contribution in [0, 0.1) is 6.92 Å². The van der Waals surface area contributed by atoms with E-state index >= 15 is 0 Å². The number of pyridine rings is 1. The summed E-state index contributed by atoms with van der Waals surface area (Å²) in [6.07, 6.45) is 0. The number of rotatable bonds is 1. The van der Waals surface area contributed by atoms with Gasteiger partial charge in [-0.1, -0.05) is 44.2 Å². The van der Waals surface area contributed by atoms with Crippen molar-refractivity contribution < 1.29 is 0 Å². The molecule has 0 aliphatic carbocycles. The summed E-state index contributed by atoms with van der Waals surface area (Å²) in [7, 11) is 0. The van der Waals surface area contributed by atoms with E-state index in [-0.39, 0.29) is 0 Å². The molecular formula is C15H17N3. The summed E-state index contributed by atoms with van der Waals surface area (Å²) in [6.45, 7) is 5.99. The van der Waals surface area contributed by atoms with Crippen LogP contribution in [0.25, 0.3) is 22.3 Å². The van der Waals surface area contributed by atoms with Crippen molar-refractivity contribution in [2.75, 3.05) is 0 Å². The van der Waals surface area contributed by atoms with E-state index < -0.39 is 0 Å². The van der Waals surface area contributed by atoms with E-state index in [9.17, 15) is 0 Å². The number of H-pyrrole nitrogens is 1. The fourth-order valence-corrected chi connectivity index (χ4v) is 1.79. The minimum Gasteiger partial charge on any atom is -0.276 e. The lowest BCUT2D eigenvalue weighted by Crippen LogP contribution is -1.83. The van der Waals surface area contributed by atoms with Crippen molar-refractivity contribution in [1.29, 1.82) is 0 Å². The fourth-order valence-electron chi connectivity index (χ4n) is 1.79. The molecule has 0 atom stereocenters. The summed E-state index contributed by atoms with van der Waals surface area (Å²) in [6, 6.07) is 14.1. The molecule has 0 bridgehead atoms. The monoisotopic (exact) mass is 239 g/mol. The van der Waals surface area contributed by atoms with Gasteiger partial charge in [-0.2, -0.15) is 5.10 Å². The Hall–Kier alpha value is -2.16. The molecular weight excluding hydrogens is 222 g/mol. The summed E-state index contributed by atoms with van der Waals surface area (Å²) in [4.78, 5) is 4.52. The van der Waals surface area contributed by atoms with Gasteiger partial charge in [0.25, 0.3) is 0 Å². The van der Waals surface area contributed by atoms with E-state index in [1.807, 2.05) is 63.2 Å². The van der Waals surface area contributed by atoms with Crippen molar-refractivity contribution in [1.82, 2.24) is 15.2 Å². The summed E-state index contributed by atoms with van der Waals surface area (Å²) >= 11 is 0. The average Bonchev–Trinajstić information content (AvgIpc) is 2.85. The van der Waals surface area contributed by atoms with Crippen LogP contribution in [0.4, 0.5) is 0 Å². The first kappa shape index (κ1) is 12.3. The molecule has 2 heterocycles. The van der Waals surface area contributed by atoms with Crippen molar-refractivity contribution in [3.8, 4) is 11.3 Å². The van der Waals surface area contributed by atoms with E-state index in [2.05, 4.69) is 15.2 Å². The third-order valence-corrected chi connectivity index (χ3v) is 2.59. The van der Waals surface area contributed by atoms with Gasteiger partial charge in [0.2, 0.25) is 0 Å². The molecule has 0 saturated heterocycles. The van der Waals surface area contributed by atoms with Crippen LogP contribution in [0.5, 0.6) is 0 Å². The highest BCUT2D eigenvalue weighted by atomic mass is 15.1. The Balaban J connectivity index is 0.000000574. The number of fused-ring (bicyclic) bond motifs is 1. The molecule has 0 spiro atoms. The average molecular weight is 239 g/mol. The highest BCUT2D eigenvalue weighted by Gasteiger charge is 2.08. The molecule has 0 saturated carbocycles. The van der Waals surface area contributed by atoms with Crippen molar-refractivity contribution in [2.45, 2.75) is 20.8 Å². The number of aromatic amines is 1. The maximum Gasteiger partial charge on any atom is 0.118 e. The summed E-state index contributed by atoms with van der Waals surface area (Å²) in [5.74, 6) is 0. The van der Waals surface area contributed by atoms with E-state index in [1.165, 1.54) is 0 Å². The maximum atomic E-state index is 4.52. The maximum absolute atomic E-state index is 4.52. The predicted octanol–water partition coefficient (Wildman–Crippen LogP) is 3.96. The van der Waals surface area contributed by atoms with Crippen molar-refractivity contribution in [3.63, 3.8) is 0 Å². The van der Waals surface area contributed by atoms with Crippen LogP contribution >= 0.6 is 0 Å². The van der Waals surface area contributed by atoms with Gasteiger partial charge in [0.15, 0.2) is 0 Å². The minimum atomic E-state index is 0.916. The Morgan fingerprint density at radius 2 is 1.67 bits per heavy atom. The number of nitrogens with one attached hydrogen (secondary N) is 1. The van der Waals surface area contributed by atoms with Crippen molar-refractivity contribution >= 4 is 11.0 Å². The SMILES string of the molecule is CC.Cc1ccc2[nH]nc(-c3ccccc3)c2n1. The number of nitrogens with zero attached hydrogens (tertiary/aromatic N) is 2. The van der Waals surface area contributed by atoms with Crippen LogP contribution in [0.3, 0.4) is 0 Å². The number of hydrogen-bond acceptors (Lipinski definition) is 2. The lowest BCUT2D eigenvalue weighted by Gasteiger charge is -1.97. The molecule has 1 aromatic carbocycles. The third-order valence-electron chi connectivity index (χ3n) is 2.59. The van der Waals surface area contributed by atoms with Crippen LogP contribution in [-0.2, 0) is 0 Å². The van der Waals surface area contributed by atoms with Crippen LogP contribution in [0.1, 0.15) is 19.5 Å². The van der Waals surface area contributed by atoms with Gasteiger partial charge < -0.3 is 0 Å². The molecule has 18 heavy (non-hydrogen) atoms. The zero-order valence-corrected chi connectivity index (χ0v) is 10.9. The van der Waals surface area contributed by atoms with Crippen LogP contribution < -0.4 is 0 Å². The Morgan fingerprint density at radius 3 is 2.39 bits per heavy atom. The first-order valence-electron chi connectivity index (χ1n) is 6.22. The van der Waals surface area contributed by atoms with E-state index in [0.717, 1.165) is 28.0 Å². The number of aromatic nitrogens is 3. The Labute approximate surface area is 107 Å². The molecule has 3 nitrogen and oxygen atoms in total. The van der Waals surface area contributed by atoms with E-state index in [0.29, 0.717) is 0 Å². The highest BCUT2D eigenvalue weighted by molar-refractivity contribution is 5.89. The molecule has 0 fully saturated rings. The summed E-state index contributed by atoms with van der Waals surface area (Å²) in [5.41, 5.74) is 4.92. The standard InChI is InChI=1S/C13H11N3.C2H6/c1-9-7-8-11-13(14-9)12(16-15-11)10-5-3-2-4-6-10;1-2/h2-8H,1H3,(H,15,16);1-2H3. The second-order valence-electron chi connectivity index (χ2n) is 3.79. The van der Waals surface area contributed by atoms with Gasteiger partial charge in [0.1, 0.15) is 11.2 Å². The van der Waals surface area contributed by atoms with Gasteiger partial charge in [-0.05, 0) is 19.1 Å². The quantitative estimate of drug-likeness (QED) is 0.698. The van der Waals surface area contributed by atoms with Gasteiger partial charge in [0, 0.05) is 11.3 Å². The fraction of sp³-hybridized carbons (Fsp3) is 0.200. The predicted molar refractivity (Wildman–Crippen MR) is 75.4 cm³/mol. The molecule has 3 aromatic rings. The molecule has 92 valence electrons. The molecule has 0 aliphatic rings. The van der Waals surface area contributed by atoms with Gasteiger partial charge >= 0.3 is 0 Å². The highest BCUT2D eigenvalue weighted by Crippen LogP contribution is 2.24. The zero-order valence-electron chi connectivity index (χ0n) is 10.9. The molecule has 3 rings (SSSR count). The van der Waals surface area contributed by atoms with E-state index in [1.54, 1.807) is 0 Å². The van der Waals surface area contributed by atoms with Crippen LogP contribution in [0.2, 0.25) is 0 Å². The first-order valence-corrected chi connectivity index (χ1v) is 6.22. The Morgan fingerprint density at radius 1 is 0.944 bits per heavy atom. The lowest BCUT2D eigenvalue weighted by atomic mass is 10.1. The van der Waals surface area contributed by atoms with Gasteiger partial charge in [0.05, 0.1) is 5.52 Å². The van der Waals surface area contributed by atoms with Crippen LogP contribution in [0.15, 0.2) is 42.5 Å². The third kappa shape index (κ3) is 2.25. The summed E-state index contributed by atoms with van der Waals surface area (Å²) < 4.78 is 0. The van der Waals surface area contributed by atoms with Crippen molar-refractivity contribution in [3.05, 3.63) is 48.2 Å². The number of hydrogen-bond donors (Lipinski definition) is 1. The van der Waals surface area contributed by atoms with Gasteiger partial charge in [-0.3, -0.25) is 5.10 Å². The van der Waals surface area contributed by atoms with Gasteiger partial charge in [-0.25, -0.2) is 4.98 Å². The molecule has 2 aromatic heterocycles. The molecule has 0 aliphatic heterocycles. The lowest BCUT2D eigenvalue weighted by molar-refractivity contribution is 1.12. The van der Waals surface area contributed by atoms with Crippen molar-refractivity contribution in [2.24, 2.45) is 0 Å². The number of benzene rings is 1. The normalized spacial score (nSPS) is 9.94. The topological polar surface area (TPSA) is 41.6 Å². The summed E-state index contributed by atoms with van der Waals surface area (Å²) in [5, 5.41) is 7.32. The molecule has 0 amide bonds. The van der Waals surface area contributed by atoms with Gasteiger partial charge in [-0.15, -0.1) is 0 Å². The minimum absolute atomic E-state index is 0.916. The zero-order chi connectivity index (χ0) is 13.0. The number of aryl methyl sites for hydroxylation is 1. The molecule has 0 unspecified atom stereocenters. The van der Waals surface area contributed by atoms with Crippen LogP contribution in [-0.4, -0.2) is 15.2 Å². The molecule has 3 heteroatoms. The largest absolute Gasteiger partial charge is 0.276 e. The molecule has 1 N–H and O–H groups in total. The van der Waals surface area contributed by atoms with E-state index in [4.69, 9.17) is 0 Å². The first-order chi connectivity index (χ1) is 8.84. The second-order valence-corrected chi connectivity index (χ2v) is 3.79.